The van der Waals surface area contributed by atoms with Crippen LogP contribution in [0.15, 0.2) is 0 Å². The molecule has 0 radical (unpaired) electrons. The van der Waals surface area contributed by atoms with Crippen LogP contribution in [-0.2, 0) is 6.42 Å². The molecule has 1 saturated carbocycles. The molecule has 0 spiro atoms. The summed E-state index contributed by atoms with van der Waals surface area (Å²) in [6.07, 6.45) is 8.01. The van der Waals surface area contributed by atoms with E-state index >= 15 is 0 Å². The first-order chi connectivity index (χ1) is 8.33. The standard InChI is InChI=1S/C14H23N3/c1-10-14(12-5-3-2-4-6-12)17-13(16-10)7-11-8-15-9-11/h11-12,15H,2-9H2,1H3,(H,16,17). The van der Waals surface area contributed by atoms with Crippen molar-refractivity contribution < 1.29 is 0 Å². The fourth-order valence-corrected chi connectivity index (χ4v) is 3.17. The number of nitrogens with one attached hydrogen (secondary N) is 2. The quantitative estimate of drug-likeness (QED) is 0.842. The Morgan fingerprint density at radius 2 is 1.94 bits per heavy atom. The lowest BCUT2D eigenvalue weighted by Gasteiger charge is -2.26. The highest BCUT2D eigenvalue weighted by Gasteiger charge is 2.23. The SMILES string of the molecule is Cc1[nH]c(CC2CNC2)nc1C1CCCCC1. The van der Waals surface area contributed by atoms with Crippen LogP contribution in [0.5, 0.6) is 0 Å². The number of rotatable bonds is 3. The van der Waals surface area contributed by atoms with Gasteiger partial charge in [0.1, 0.15) is 5.82 Å². The summed E-state index contributed by atoms with van der Waals surface area (Å²) in [4.78, 5) is 8.37. The molecule has 1 aliphatic heterocycles. The fourth-order valence-electron chi connectivity index (χ4n) is 3.17. The molecule has 2 N–H and O–H groups in total. The highest BCUT2D eigenvalue weighted by atomic mass is 15.0. The second-order valence-corrected chi connectivity index (χ2v) is 5.76. The predicted octanol–water partition coefficient (Wildman–Crippen LogP) is 2.53. The smallest absolute Gasteiger partial charge is 0.106 e. The maximum Gasteiger partial charge on any atom is 0.106 e. The van der Waals surface area contributed by atoms with Crippen molar-refractivity contribution in [2.45, 2.75) is 51.4 Å². The van der Waals surface area contributed by atoms with E-state index < -0.39 is 0 Å². The summed E-state index contributed by atoms with van der Waals surface area (Å²) in [5.41, 5.74) is 2.69. The summed E-state index contributed by atoms with van der Waals surface area (Å²) in [5, 5.41) is 3.32. The molecule has 1 aliphatic carbocycles. The predicted molar refractivity (Wildman–Crippen MR) is 69.2 cm³/mol. The molecule has 1 aromatic rings. The first kappa shape index (κ1) is 11.3. The van der Waals surface area contributed by atoms with Gasteiger partial charge in [-0.15, -0.1) is 0 Å². The van der Waals surface area contributed by atoms with Crippen molar-refractivity contribution in [3.8, 4) is 0 Å². The van der Waals surface area contributed by atoms with Gasteiger partial charge in [0.05, 0.1) is 5.69 Å². The zero-order valence-corrected chi connectivity index (χ0v) is 10.8. The van der Waals surface area contributed by atoms with Gasteiger partial charge in [-0.25, -0.2) is 4.98 Å². The van der Waals surface area contributed by atoms with E-state index in [2.05, 4.69) is 17.2 Å². The largest absolute Gasteiger partial charge is 0.346 e. The highest BCUT2D eigenvalue weighted by molar-refractivity contribution is 5.18. The monoisotopic (exact) mass is 233 g/mol. The van der Waals surface area contributed by atoms with Crippen LogP contribution in [0.4, 0.5) is 0 Å². The lowest BCUT2D eigenvalue weighted by molar-refractivity contribution is 0.341. The van der Waals surface area contributed by atoms with Crippen LogP contribution in [-0.4, -0.2) is 23.1 Å². The van der Waals surface area contributed by atoms with Gasteiger partial charge in [0.2, 0.25) is 0 Å². The highest BCUT2D eigenvalue weighted by Crippen LogP contribution is 2.33. The summed E-state index contributed by atoms with van der Waals surface area (Å²) in [7, 11) is 0. The van der Waals surface area contributed by atoms with Gasteiger partial charge in [-0.05, 0) is 38.8 Å². The van der Waals surface area contributed by atoms with Crippen LogP contribution in [0.2, 0.25) is 0 Å². The third-order valence-corrected chi connectivity index (χ3v) is 4.31. The molecule has 94 valence electrons. The molecule has 1 aromatic heterocycles. The van der Waals surface area contributed by atoms with Gasteiger partial charge in [-0.3, -0.25) is 0 Å². The molecule has 0 bridgehead atoms. The van der Waals surface area contributed by atoms with Crippen molar-refractivity contribution in [2.75, 3.05) is 13.1 Å². The van der Waals surface area contributed by atoms with Crippen LogP contribution in [0.25, 0.3) is 0 Å². The van der Waals surface area contributed by atoms with Gasteiger partial charge in [0.15, 0.2) is 0 Å². The number of nitrogens with zero attached hydrogens (tertiary/aromatic N) is 1. The molecule has 0 aromatic carbocycles. The van der Waals surface area contributed by atoms with Gasteiger partial charge < -0.3 is 10.3 Å². The average molecular weight is 233 g/mol. The second-order valence-electron chi connectivity index (χ2n) is 5.76. The van der Waals surface area contributed by atoms with Gasteiger partial charge in [0.25, 0.3) is 0 Å². The second kappa shape index (κ2) is 4.81. The minimum Gasteiger partial charge on any atom is -0.346 e. The summed E-state index contributed by atoms with van der Waals surface area (Å²) >= 11 is 0. The number of hydrogen-bond acceptors (Lipinski definition) is 2. The minimum atomic E-state index is 0.730. The molecule has 2 aliphatic rings. The number of H-pyrrole nitrogens is 1. The fraction of sp³-hybridized carbons (Fsp3) is 0.786. The van der Waals surface area contributed by atoms with E-state index in [-0.39, 0.29) is 0 Å². The van der Waals surface area contributed by atoms with Crippen molar-refractivity contribution in [3.63, 3.8) is 0 Å². The molecule has 3 rings (SSSR count). The van der Waals surface area contributed by atoms with Crippen LogP contribution < -0.4 is 5.32 Å². The van der Waals surface area contributed by atoms with Crippen molar-refractivity contribution >= 4 is 0 Å². The summed E-state index contributed by atoms with van der Waals surface area (Å²) in [6.45, 7) is 4.52. The molecule has 0 atom stereocenters. The summed E-state index contributed by atoms with van der Waals surface area (Å²) in [5.74, 6) is 2.75. The molecule has 0 amide bonds. The normalized spacial score (nSPS) is 22.6. The molecule has 0 unspecified atom stereocenters. The Balaban J connectivity index is 1.70. The molecule has 2 fully saturated rings. The maximum atomic E-state index is 4.87. The molecule has 1 saturated heterocycles. The summed E-state index contributed by atoms with van der Waals surface area (Å²) < 4.78 is 0. The lowest BCUT2D eigenvalue weighted by Crippen LogP contribution is -2.43. The van der Waals surface area contributed by atoms with E-state index in [0.29, 0.717) is 0 Å². The Labute approximate surface area is 103 Å². The first-order valence-corrected chi connectivity index (χ1v) is 7.09. The van der Waals surface area contributed by atoms with E-state index in [4.69, 9.17) is 4.98 Å². The Morgan fingerprint density at radius 1 is 1.18 bits per heavy atom. The Kier molecular flexibility index (Phi) is 3.19. The number of imidazole rings is 1. The van der Waals surface area contributed by atoms with Crippen molar-refractivity contribution in [3.05, 3.63) is 17.2 Å². The molecular weight excluding hydrogens is 210 g/mol. The Morgan fingerprint density at radius 3 is 2.59 bits per heavy atom. The zero-order valence-electron chi connectivity index (χ0n) is 10.8. The van der Waals surface area contributed by atoms with E-state index in [1.165, 1.54) is 62.4 Å². The van der Waals surface area contributed by atoms with Gasteiger partial charge in [0, 0.05) is 18.0 Å². The topological polar surface area (TPSA) is 40.7 Å². The maximum absolute atomic E-state index is 4.87. The molecule has 17 heavy (non-hydrogen) atoms. The molecule has 3 nitrogen and oxygen atoms in total. The van der Waals surface area contributed by atoms with Crippen molar-refractivity contribution in [1.29, 1.82) is 0 Å². The Hall–Kier alpha value is -0.830. The third kappa shape index (κ3) is 2.39. The van der Waals surface area contributed by atoms with Crippen molar-refractivity contribution in [1.82, 2.24) is 15.3 Å². The number of hydrogen-bond donors (Lipinski definition) is 2. The van der Waals surface area contributed by atoms with Crippen LogP contribution in [0.1, 0.15) is 55.2 Å². The van der Waals surface area contributed by atoms with Gasteiger partial charge >= 0.3 is 0 Å². The van der Waals surface area contributed by atoms with E-state index in [1.54, 1.807) is 0 Å². The first-order valence-electron chi connectivity index (χ1n) is 7.09. The zero-order chi connectivity index (χ0) is 11.7. The molecule has 3 heteroatoms. The average Bonchev–Trinajstić information content (AvgIpc) is 2.66. The number of aromatic amines is 1. The molecule has 2 heterocycles. The van der Waals surface area contributed by atoms with Crippen LogP contribution >= 0.6 is 0 Å². The third-order valence-electron chi connectivity index (χ3n) is 4.31. The number of aromatic nitrogens is 2. The van der Waals surface area contributed by atoms with Crippen LogP contribution in [0, 0.1) is 12.8 Å². The molecular formula is C14H23N3. The lowest BCUT2D eigenvalue weighted by atomic mass is 9.86. The minimum absolute atomic E-state index is 0.730. The summed E-state index contributed by atoms with van der Waals surface area (Å²) in [6, 6.07) is 0. The van der Waals surface area contributed by atoms with E-state index in [9.17, 15) is 0 Å². The van der Waals surface area contributed by atoms with Crippen LogP contribution in [0.3, 0.4) is 0 Å². The Bertz CT molecular complexity index is 373. The van der Waals surface area contributed by atoms with Gasteiger partial charge in [-0.2, -0.15) is 0 Å². The van der Waals surface area contributed by atoms with Crippen molar-refractivity contribution in [2.24, 2.45) is 5.92 Å². The van der Waals surface area contributed by atoms with E-state index in [1.807, 2.05) is 0 Å². The number of aryl methyl sites for hydroxylation is 1. The van der Waals surface area contributed by atoms with E-state index in [0.717, 1.165) is 18.3 Å². The van der Waals surface area contributed by atoms with Gasteiger partial charge in [-0.1, -0.05) is 19.3 Å².